The van der Waals surface area contributed by atoms with Crippen LogP contribution in [0.3, 0.4) is 0 Å². The summed E-state index contributed by atoms with van der Waals surface area (Å²) in [6.45, 7) is 2.54. The van der Waals surface area contributed by atoms with E-state index in [1.165, 1.54) is 17.3 Å². The van der Waals surface area contributed by atoms with Gasteiger partial charge in [0.15, 0.2) is 0 Å². The van der Waals surface area contributed by atoms with E-state index in [1.807, 2.05) is 19.1 Å². The molecule has 0 N–H and O–H groups in total. The maximum absolute atomic E-state index is 6.27. The summed E-state index contributed by atoms with van der Waals surface area (Å²) in [6.07, 6.45) is 4.50. The number of rotatable bonds is 7. The topological polar surface area (TPSA) is 61.5 Å². The zero-order chi connectivity index (χ0) is 19.2. The van der Waals surface area contributed by atoms with Crippen LogP contribution in [0.5, 0.6) is 11.5 Å². The third-order valence-electron chi connectivity index (χ3n) is 3.50. The molecule has 0 aliphatic rings. The summed E-state index contributed by atoms with van der Waals surface area (Å²) in [7, 11) is 0. The standard InChI is InChI=1S/C18H15Cl3N4O2/c1-12-6-15(2-3-16(12)20)26-4-5-27-18-13(7-14(19)8-17(18)21)9-24-25-10-22-23-11-25/h2-3,6-11H,4-5H2,1H3/b24-9+. The summed E-state index contributed by atoms with van der Waals surface area (Å²) >= 11 is 18.4. The maximum Gasteiger partial charge on any atom is 0.147 e. The summed E-state index contributed by atoms with van der Waals surface area (Å²) in [6, 6.07) is 8.79. The smallest absolute Gasteiger partial charge is 0.147 e. The van der Waals surface area contributed by atoms with Gasteiger partial charge in [-0.15, -0.1) is 10.2 Å². The molecule has 0 aliphatic heterocycles. The van der Waals surface area contributed by atoms with Crippen LogP contribution >= 0.6 is 34.8 Å². The Balaban J connectivity index is 1.65. The second-order valence-corrected chi connectivity index (χ2v) is 6.75. The Bertz CT molecular complexity index is 946. The van der Waals surface area contributed by atoms with Crippen molar-refractivity contribution in [1.82, 2.24) is 14.9 Å². The monoisotopic (exact) mass is 424 g/mol. The van der Waals surface area contributed by atoms with E-state index in [4.69, 9.17) is 44.3 Å². The van der Waals surface area contributed by atoms with Gasteiger partial charge in [0.1, 0.15) is 37.4 Å². The zero-order valence-corrected chi connectivity index (χ0v) is 16.5. The Labute approximate surface area is 171 Å². The van der Waals surface area contributed by atoms with Crippen molar-refractivity contribution in [3.8, 4) is 11.5 Å². The average Bonchev–Trinajstić information content (AvgIpc) is 3.14. The number of hydrogen-bond acceptors (Lipinski definition) is 5. The van der Waals surface area contributed by atoms with Gasteiger partial charge in [0.05, 0.1) is 11.2 Å². The number of nitrogens with zero attached hydrogens (tertiary/aromatic N) is 4. The van der Waals surface area contributed by atoms with Crippen LogP contribution in [0.2, 0.25) is 15.1 Å². The van der Waals surface area contributed by atoms with Crippen molar-refractivity contribution < 1.29 is 9.47 Å². The van der Waals surface area contributed by atoms with E-state index in [-0.39, 0.29) is 6.61 Å². The van der Waals surface area contributed by atoms with Crippen LogP contribution in [-0.4, -0.2) is 34.3 Å². The van der Waals surface area contributed by atoms with Gasteiger partial charge in [0, 0.05) is 15.6 Å². The van der Waals surface area contributed by atoms with Crippen LogP contribution in [0, 0.1) is 6.92 Å². The summed E-state index contributed by atoms with van der Waals surface area (Å²) < 4.78 is 12.9. The molecule has 9 heteroatoms. The highest BCUT2D eigenvalue weighted by atomic mass is 35.5. The molecule has 0 fully saturated rings. The highest BCUT2D eigenvalue weighted by Crippen LogP contribution is 2.31. The lowest BCUT2D eigenvalue weighted by Gasteiger charge is -2.13. The average molecular weight is 426 g/mol. The van der Waals surface area contributed by atoms with E-state index in [0.29, 0.717) is 33.0 Å². The Hall–Kier alpha value is -2.28. The van der Waals surface area contributed by atoms with Crippen molar-refractivity contribution in [3.63, 3.8) is 0 Å². The van der Waals surface area contributed by atoms with Crippen LogP contribution < -0.4 is 9.47 Å². The Morgan fingerprint density at radius 3 is 2.48 bits per heavy atom. The predicted octanol–water partition coefficient (Wildman–Crippen LogP) is 4.89. The van der Waals surface area contributed by atoms with E-state index in [9.17, 15) is 0 Å². The van der Waals surface area contributed by atoms with Gasteiger partial charge in [-0.3, -0.25) is 0 Å². The third kappa shape index (κ3) is 5.35. The van der Waals surface area contributed by atoms with E-state index in [0.717, 1.165) is 11.3 Å². The van der Waals surface area contributed by atoms with Gasteiger partial charge in [-0.2, -0.15) is 5.10 Å². The maximum atomic E-state index is 6.27. The first-order chi connectivity index (χ1) is 13.0. The second-order valence-electron chi connectivity index (χ2n) is 5.50. The molecule has 3 rings (SSSR count). The van der Waals surface area contributed by atoms with Crippen molar-refractivity contribution in [3.05, 3.63) is 69.2 Å². The van der Waals surface area contributed by atoms with Gasteiger partial charge < -0.3 is 9.47 Å². The Morgan fingerprint density at radius 1 is 1.00 bits per heavy atom. The van der Waals surface area contributed by atoms with Crippen molar-refractivity contribution in [1.29, 1.82) is 0 Å². The highest BCUT2D eigenvalue weighted by molar-refractivity contribution is 6.36. The highest BCUT2D eigenvalue weighted by Gasteiger charge is 2.10. The molecule has 1 heterocycles. The first kappa shape index (κ1) is 19.5. The molecule has 27 heavy (non-hydrogen) atoms. The van der Waals surface area contributed by atoms with Crippen molar-refractivity contribution >= 4 is 41.0 Å². The molecule has 0 aliphatic carbocycles. The second kappa shape index (κ2) is 9.08. The van der Waals surface area contributed by atoms with Gasteiger partial charge in [-0.25, -0.2) is 4.68 Å². The fourth-order valence-electron chi connectivity index (χ4n) is 2.22. The van der Waals surface area contributed by atoms with Gasteiger partial charge in [0.2, 0.25) is 0 Å². The first-order valence-corrected chi connectivity index (χ1v) is 9.06. The van der Waals surface area contributed by atoms with Crippen LogP contribution in [0.1, 0.15) is 11.1 Å². The largest absolute Gasteiger partial charge is 0.490 e. The molecule has 2 aromatic carbocycles. The van der Waals surface area contributed by atoms with Gasteiger partial charge >= 0.3 is 0 Å². The molecular formula is C18H15Cl3N4O2. The molecule has 3 aromatic rings. The van der Waals surface area contributed by atoms with E-state index >= 15 is 0 Å². The molecule has 0 saturated carbocycles. The minimum absolute atomic E-state index is 0.288. The van der Waals surface area contributed by atoms with Crippen molar-refractivity contribution in [2.24, 2.45) is 5.10 Å². The van der Waals surface area contributed by atoms with Gasteiger partial charge in [-0.1, -0.05) is 34.8 Å². The molecule has 0 spiro atoms. The number of benzene rings is 2. The fraction of sp³-hybridized carbons (Fsp3) is 0.167. The molecule has 0 atom stereocenters. The Morgan fingerprint density at radius 2 is 1.74 bits per heavy atom. The lowest BCUT2D eigenvalue weighted by atomic mass is 10.2. The molecular weight excluding hydrogens is 411 g/mol. The van der Waals surface area contributed by atoms with Crippen LogP contribution in [0.4, 0.5) is 0 Å². The summed E-state index contributed by atoms with van der Waals surface area (Å²) in [5, 5.41) is 13.1. The fourth-order valence-corrected chi connectivity index (χ4v) is 2.90. The van der Waals surface area contributed by atoms with Crippen molar-refractivity contribution in [2.45, 2.75) is 6.92 Å². The first-order valence-electron chi connectivity index (χ1n) is 7.92. The quantitative estimate of drug-likeness (QED) is 0.399. The summed E-state index contributed by atoms with van der Waals surface area (Å²) in [5.74, 6) is 1.19. The number of halogens is 3. The molecule has 0 radical (unpaired) electrons. The molecule has 0 saturated heterocycles. The molecule has 1 aromatic heterocycles. The third-order valence-corrected chi connectivity index (χ3v) is 4.42. The molecule has 0 bridgehead atoms. The Kier molecular flexibility index (Phi) is 6.55. The predicted molar refractivity (Wildman–Crippen MR) is 107 cm³/mol. The normalized spacial score (nSPS) is 11.1. The summed E-state index contributed by atoms with van der Waals surface area (Å²) in [5.41, 5.74) is 1.58. The van der Waals surface area contributed by atoms with Crippen LogP contribution in [-0.2, 0) is 0 Å². The molecule has 140 valence electrons. The minimum Gasteiger partial charge on any atom is -0.490 e. The number of aromatic nitrogens is 3. The summed E-state index contributed by atoms with van der Waals surface area (Å²) in [4.78, 5) is 0. The number of ether oxygens (including phenoxy) is 2. The van der Waals surface area contributed by atoms with E-state index in [2.05, 4.69) is 15.3 Å². The number of aryl methyl sites for hydroxylation is 1. The number of hydrogen-bond donors (Lipinski definition) is 0. The SMILES string of the molecule is Cc1cc(OCCOc2c(Cl)cc(Cl)cc2/C=N/n2cnnc2)ccc1Cl. The van der Waals surface area contributed by atoms with Gasteiger partial charge in [0.25, 0.3) is 0 Å². The zero-order valence-electron chi connectivity index (χ0n) is 14.3. The van der Waals surface area contributed by atoms with Crippen LogP contribution in [0.15, 0.2) is 48.1 Å². The molecule has 6 nitrogen and oxygen atoms in total. The van der Waals surface area contributed by atoms with Crippen molar-refractivity contribution in [2.75, 3.05) is 13.2 Å². The van der Waals surface area contributed by atoms with E-state index < -0.39 is 0 Å². The minimum atomic E-state index is 0.288. The lowest BCUT2D eigenvalue weighted by molar-refractivity contribution is 0.217. The van der Waals surface area contributed by atoms with Crippen LogP contribution in [0.25, 0.3) is 0 Å². The van der Waals surface area contributed by atoms with Gasteiger partial charge in [-0.05, 0) is 42.8 Å². The molecule has 0 unspecified atom stereocenters. The lowest BCUT2D eigenvalue weighted by Crippen LogP contribution is -2.10. The molecule has 0 amide bonds. The van der Waals surface area contributed by atoms with E-state index in [1.54, 1.807) is 24.4 Å².